The Bertz CT molecular complexity index is 2050. The number of ether oxygens (including phenoxy) is 7. The molecule has 0 fully saturated rings. The molecule has 0 spiro atoms. The molecule has 5 amide bonds. The van der Waals surface area contributed by atoms with Gasteiger partial charge in [0.25, 0.3) is 0 Å². The highest BCUT2D eigenvalue weighted by atomic mass is 16.6. The van der Waals surface area contributed by atoms with Crippen molar-refractivity contribution in [3.8, 4) is 0 Å². The maximum atomic E-state index is 12.0. The van der Waals surface area contributed by atoms with Crippen LogP contribution in [-0.4, -0.2) is 152 Å². The van der Waals surface area contributed by atoms with Crippen molar-refractivity contribution >= 4 is 36.4 Å². The van der Waals surface area contributed by atoms with E-state index in [1.54, 1.807) is 62.3 Å². The van der Waals surface area contributed by atoms with E-state index < -0.39 is 64.8 Å². The summed E-state index contributed by atoms with van der Waals surface area (Å²) in [6.07, 6.45) is 2.84. The predicted molar refractivity (Wildman–Crippen MR) is 322 cm³/mol. The number of amides is 5. The smallest absolute Gasteiger partial charge is 0.408 e. The second kappa shape index (κ2) is 42.8. The van der Waals surface area contributed by atoms with Crippen molar-refractivity contribution in [3.05, 3.63) is 71.8 Å². The number of esters is 1. The molecule has 478 valence electrons. The molecule has 0 heterocycles. The first-order valence-corrected chi connectivity index (χ1v) is 28.6. The second-order valence-electron chi connectivity index (χ2n) is 24.4. The monoisotopic (exact) mass is 1180 g/mol. The molecule has 23 heteroatoms. The number of carbonyl (C=O) groups excluding carboxylic acids is 6. The molecule has 4 unspecified atom stereocenters. The lowest BCUT2D eigenvalue weighted by atomic mass is 10.1. The van der Waals surface area contributed by atoms with Crippen molar-refractivity contribution in [3.63, 3.8) is 0 Å². The maximum absolute atomic E-state index is 12.0. The second-order valence-corrected chi connectivity index (χ2v) is 24.4. The fourth-order valence-corrected chi connectivity index (χ4v) is 6.36. The van der Waals surface area contributed by atoms with Crippen molar-refractivity contribution in [1.82, 2.24) is 31.9 Å². The van der Waals surface area contributed by atoms with Gasteiger partial charge in [-0.3, -0.25) is 0 Å². The Kier molecular flexibility index (Phi) is 40.8. The topological polar surface area (TPSA) is 332 Å². The molecular weight excluding hydrogens is 1070 g/mol. The largest absolute Gasteiger partial charge is 0.458 e. The minimum absolute atomic E-state index is 0.0293. The van der Waals surface area contributed by atoms with Gasteiger partial charge in [0.1, 0.15) is 41.7 Å². The van der Waals surface area contributed by atoms with Gasteiger partial charge in [-0.05, 0) is 186 Å². The van der Waals surface area contributed by atoms with Crippen LogP contribution in [0.5, 0.6) is 0 Å². The molecule has 2 aromatic rings. The summed E-state index contributed by atoms with van der Waals surface area (Å²) in [6, 6.07) is 17.5. The Morgan fingerprint density at radius 3 is 1.27 bits per heavy atom. The highest BCUT2D eigenvalue weighted by Gasteiger charge is 2.28. The molecule has 4 atom stereocenters. The molecule has 23 nitrogen and oxygen atoms in total. The zero-order chi connectivity index (χ0) is 63.7. The highest BCUT2D eigenvalue weighted by molar-refractivity contribution is 5.81. The van der Waals surface area contributed by atoms with Crippen LogP contribution >= 0.6 is 0 Å². The lowest BCUT2D eigenvalue weighted by Gasteiger charge is -2.27. The number of rotatable bonds is 27. The number of benzene rings is 2. The van der Waals surface area contributed by atoms with Crippen LogP contribution in [0.1, 0.15) is 166 Å². The van der Waals surface area contributed by atoms with Gasteiger partial charge >= 0.3 is 36.4 Å². The van der Waals surface area contributed by atoms with Gasteiger partial charge in [-0.25, -0.2) is 28.8 Å². The number of nitrogens with one attached hydrogen (secondary N) is 6. The van der Waals surface area contributed by atoms with Gasteiger partial charge < -0.3 is 86.7 Å². The zero-order valence-corrected chi connectivity index (χ0v) is 53.0. The van der Waals surface area contributed by atoms with E-state index in [4.69, 9.17) is 49.7 Å². The first-order valence-electron chi connectivity index (χ1n) is 28.6. The molecule has 0 saturated heterocycles. The van der Waals surface area contributed by atoms with Crippen LogP contribution < -0.4 is 43.4 Å². The molecular formula is C60H108N8O15. The lowest BCUT2D eigenvalue weighted by molar-refractivity contribution is -0.157. The van der Waals surface area contributed by atoms with Crippen LogP contribution in [0.15, 0.2) is 60.7 Å². The molecule has 2 rings (SSSR count). The van der Waals surface area contributed by atoms with E-state index in [0.717, 1.165) is 36.9 Å². The molecule has 0 saturated carbocycles. The molecule has 0 aliphatic heterocycles. The number of alkyl carbamates (subject to hydrolysis) is 5. The Labute approximate surface area is 495 Å². The summed E-state index contributed by atoms with van der Waals surface area (Å²) in [5.41, 5.74) is 10.3. The molecule has 2 aromatic carbocycles. The summed E-state index contributed by atoms with van der Waals surface area (Å²) in [5.74, 6) is -0.475. The normalized spacial score (nSPS) is 12.9. The summed E-state index contributed by atoms with van der Waals surface area (Å²) < 4.78 is 36.7. The number of aliphatic hydroxyl groups excluding tert-OH is 2. The van der Waals surface area contributed by atoms with E-state index in [2.05, 4.69) is 31.9 Å². The molecule has 0 aromatic heterocycles. The van der Waals surface area contributed by atoms with Gasteiger partial charge in [-0.15, -0.1) is 0 Å². The molecule has 12 N–H and O–H groups in total. The Morgan fingerprint density at radius 1 is 0.482 bits per heavy atom. The van der Waals surface area contributed by atoms with Crippen LogP contribution in [0.3, 0.4) is 0 Å². The summed E-state index contributed by atoms with van der Waals surface area (Å²) in [4.78, 5) is 70.1. The Morgan fingerprint density at radius 2 is 0.880 bits per heavy atom. The molecule has 0 aliphatic rings. The predicted octanol–water partition coefficient (Wildman–Crippen LogP) is 8.25. The van der Waals surface area contributed by atoms with Crippen molar-refractivity contribution in [2.24, 2.45) is 11.5 Å². The number of hydrogen-bond donors (Lipinski definition) is 10. The first kappa shape index (κ1) is 79.1. The van der Waals surface area contributed by atoms with E-state index in [1.165, 1.54) is 0 Å². The average molecular weight is 1180 g/mol. The van der Waals surface area contributed by atoms with Crippen molar-refractivity contribution in [2.75, 3.05) is 53.0 Å². The third kappa shape index (κ3) is 52.6. The summed E-state index contributed by atoms with van der Waals surface area (Å²) in [7, 11) is 1.92. The summed E-state index contributed by atoms with van der Waals surface area (Å²) in [6.45, 7) is 30.5. The molecule has 0 bridgehead atoms. The third-order valence-electron chi connectivity index (χ3n) is 10.1. The Balaban J connectivity index is 0. The van der Waals surface area contributed by atoms with Crippen molar-refractivity contribution < 1.29 is 72.1 Å². The van der Waals surface area contributed by atoms with Crippen molar-refractivity contribution in [2.45, 2.75) is 221 Å². The number of aliphatic hydroxyl groups is 2. The van der Waals surface area contributed by atoms with E-state index in [1.807, 2.05) is 109 Å². The quantitative estimate of drug-likeness (QED) is 0.0229. The minimum Gasteiger partial charge on any atom is -0.458 e. The zero-order valence-electron chi connectivity index (χ0n) is 53.0. The van der Waals surface area contributed by atoms with Gasteiger partial charge in [-0.1, -0.05) is 60.7 Å². The standard InChI is InChI=1S/C18H28N2O5.C15H32N2O3.C14H28N2O4.C13H20N2O3/c1-18(2,3)25-17(23)20-15(12-21)10-7-11-19-16(22)24-13-14-8-5-4-6-9-14;1-14(2,3)19-11-12(9-8-10-16-7)17-13(18)20-15(4,5)6;1-13(2,3)19-11(17)10(8-7-9-15)16-12(18)20-14(4,5)6;14-12(9-16)7-4-8-15-13(17)18-10-11-5-2-1-3-6-11/h4-6,8-9,15,21H,7,10-13H2,1-3H3,(H,19,22)(H,20,23);12,16H,8-11H2,1-7H3,(H,17,18);10H,7-9,15H2,1-6H3,(H,16,18);1-3,5-6,12,16H,4,7-10,14H2,(H,15,17). The maximum Gasteiger partial charge on any atom is 0.408 e. The summed E-state index contributed by atoms with van der Waals surface area (Å²) in [5, 5.41) is 34.4. The van der Waals surface area contributed by atoms with E-state index in [9.17, 15) is 33.9 Å². The van der Waals surface area contributed by atoms with Gasteiger partial charge in [-0.2, -0.15) is 0 Å². The molecule has 0 radical (unpaired) electrons. The van der Waals surface area contributed by atoms with Crippen LogP contribution in [0.2, 0.25) is 0 Å². The van der Waals surface area contributed by atoms with E-state index in [0.29, 0.717) is 58.3 Å². The minimum atomic E-state index is -0.743. The fraction of sp³-hybridized carbons (Fsp3) is 0.700. The van der Waals surface area contributed by atoms with Gasteiger partial charge in [0.2, 0.25) is 0 Å². The van der Waals surface area contributed by atoms with Crippen molar-refractivity contribution in [1.29, 1.82) is 0 Å². The van der Waals surface area contributed by atoms with Crippen LogP contribution in [-0.2, 0) is 51.2 Å². The third-order valence-corrected chi connectivity index (χ3v) is 10.1. The van der Waals surface area contributed by atoms with E-state index in [-0.39, 0.29) is 50.2 Å². The molecule has 83 heavy (non-hydrogen) atoms. The van der Waals surface area contributed by atoms with Gasteiger partial charge in [0.05, 0.1) is 37.5 Å². The van der Waals surface area contributed by atoms with Gasteiger partial charge in [0.15, 0.2) is 0 Å². The number of hydrogen-bond acceptors (Lipinski definition) is 18. The van der Waals surface area contributed by atoms with Crippen LogP contribution in [0, 0.1) is 0 Å². The van der Waals surface area contributed by atoms with Gasteiger partial charge in [0, 0.05) is 19.1 Å². The fourth-order valence-electron chi connectivity index (χ4n) is 6.36. The lowest BCUT2D eigenvalue weighted by Crippen LogP contribution is -2.46. The average Bonchev–Trinajstić information content (AvgIpc) is 3.38. The van der Waals surface area contributed by atoms with E-state index >= 15 is 0 Å². The number of nitrogens with two attached hydrogens (primary N) is 2. The summed E-state index contributed by atoms with van der Waals surface area (Å²) >= 11 is 0. The first-order chi connectivity index (χ1) is 38.5. The Hall–Kier alpha value is -5.98. The SMILES string of the molecule is CC(C)(C)OC(=O)NC(CCCN)C(=O)OC(C)(C)C.CC(C)(C)OC(=O)NC(CO)CCCNC(=O)OCc1ccccc1.CNCCCC(COC(C)(C)C)NC(=O)OC(C)(C)C.NC(CO)CCCNC(=O)OCc1ccccc1. The van der Waals surface area contributed by atoms with Crippen LogP contribution in [0.25, 0.3) is 0 Å². The molecule has 0 aliphatic carbocycles. The van der Waals surface area contributed by atoms with Crippen LogP contribution in [0.4, 0.5) is 24.0 Å². The highest BCUT2D eigenvalue weighted by Crippen LogP contribution is 2.14. The number of carbonyl (C=O) groups is 6.